The maximum Gasteiger partial charge on any atom is 0.161 e. The van der Waals surface area contributed by atoms with Crippen LogP contribution in [-0.2, 0) is 11.3 Å². The molecule has 0 aromatic heterocycles. The molecule has 5 heteroatoms. The number of ether oxygens (including phenoxy) is 3. The zero-order chi connectivity index (χ0) is 17.6. The lowest BCUT2D eigenvalue weighted by Crippen LogP contribution is -2.54. The smallest absolute Gasteiger partial charge is 0.161 e. The maximum atomic E-state index is 5.75. The summed E-state index contributed by atoms with van der Waals surface area (Å²) in [5, 5.41) is 0. The summed E-state index contributed by atoms with van der Waals surface area (Å²) in [7, 11) is 5.24. The van der Waals surface area contributed by atoms with Gasteiger partial charge in [0, 0.05) is 45.9 Å². The van der Waals surface area contributed by atoms with E-state index >= 15 is 0 Å². The third kappa shape index (κ3) is 4.46. The lowest BCUT2D eigenvalue weighted by atomic mass is 9.90. The molecule has 3 rings (SSSR count). The summed E-state index contributed by atoms with van der Waals surface area (Å²) in [5.41, 5.74) is 1.28. The van der Waals surface area contributed by atoms with E-state index in [1.165, 1.54) is 31.2 Å². The number of methoxy groups -OCH3 is 3. The number of hydrogen-bond donors (Lipinski definition) is 0. The van der Waals surface area contributed by atoms with Crippen LogP contribution in [0, 0.1) is 0 Å². The molecule has 2 unspecified atom stereocenters. The van der Waals surface area contributed by atoms with Crippen molar-refractivity contribution in [3.05, 3.63) is 23.8 Å². The molecule has 1 saturated heterocycles. The minimum atomic E-state index is 0.422. The van der Waals surface area contributed by atoms with Gasteiger partial charge in [-0.25, -0.2) is 0 Å². The fourth-order valence-corrected chi connectivity index (χ4v) is 4.26. The molecule has 0 radical (unpaired) electrons. The van der Waals surface area contributed by atoms with Crippen molar-refractivity contribution in [3.63, 3.8) is 0 Å². The normalized spacial score (nSPS) is 25.7. The molecule has 0 bridgehead atoms. The maximum absolute atomic E-state index is 5.75. The second-order valence-corrected chi connectivity index (χ2v) is 7.13. The molecule has 2 atom stereocenters. The molecule has 5 nitrogen and oxygen atoms in total. The third-order valence-corrected chi connectivity index (χ3v) is 5.70. The van der Waals surface area contributed by atoms with Crippen LogP contribution >= 0.6 is 0 Å². The molecule has 1 aliphatic heterocycles. The van der Waals surface area contributed by atoms with Crippen LogP contribution < -0.4 is 9.47 Å². The van der Waals surface area contributed by atoms with E-state index in [4.69, 9.17) is 14.2 Å². The molecule has 0 spiro atoms. The summed E-state index contributed by atoms with van der Waals surface area (Å²) in [6.45, 7) is 5.46. The lowest BCUT2D eigenvalue weighted by molar-refractivity contribution is -0.0279. The molecule has 1 aromatic rings. The molecular formula is C20H32N2O3. The van der Waals surface area contributed by atoms with E-state index in [-0.39, 0.29) is 0 Å². The monoisotopic (exact) mass is 348 g/mol. The van der Waals surface area contributed by atoms with Gasteiger partial charge in [0.05, 0.1) is 20.3 Å². The molecule has 0 amide bonds. The zero-order valence-corrected chi connectivity index (χ0v) is 15.9. The van der Waals surface area contributed by atoms with Crippen LogP contribution in [0.1, 0.15) is 31.2 Å². The molecule has 1 aliphatic carbocycles. The van der Waals surface area contributed by atoms with E-state index in [2.05, 4.69) is 21.9 Å². The minimum Gasteiger partial charge on any atom is -0.493 e. The van der Waals surface area contributed by atoms with Gasteiger partial charge in [-0.2, -0.15) is 0 Å². The van der Waals surface area contributed by atoms with Crippen LogP contribution in [0.3, 0.4) is 0 Å². The van der Waals surface area contributed by atoms with Crippen molar-refractivity contribution >= 4 is 0 Å². The molecule has 1 heterocycles. The Kier molecular flexibility index (Phi) is 6.57. The summed E-state index contributed by atoms with van der Waals surface area (Å²) in [6, 6.07) is 6.83. The summed E-state index contributed by atoms with van der Waals surface area (Å²) in [6.07, 6.45) is 5.58. The Balaban J connectivity index is 1.54. The highest BCUT2D eigenvalue weighted by Crippen LogP contribution is 2.29. The minimum absolute atomic E-state index is 0.422. The van der Waals surface area contributed by atoms with Crippen LogP contribution in [0.25, 0.3) is 0 Å². The van der Waals surface area contributed by atoms with Gasteiger partial charge in [0.2, 0.25) is 0 Å². The molecule has 0 N–H and O–H groups in total. The van der Waals surface area contributed by atoms with Crippen molar-refractivity contribution in [3.8, 4) is 11.5 Å². The fraction of sp³-hybridized carbons (Fsp3) is 0.700. The highest BCUT2D eigenvalue weighted by molar-refractivity contribution is 5.42. The van der Waals surface area contributed by atoms with E-state index in [0.717, 1.165) is 44.2 Å². The van der Waals surface area contributed by atoms with Crippen molar-refractivity contribution in [1.29, 1.82) is 0 Å². The third-order valence-electron chi connectivity index (χ3n) is 5.70. The lowest BCUT2D eigenvalue weighted by Gasteiger charge is -2.43. The van der Waals surface area contributed by atoms with Crippen molar-refractivity contribution in [1.82, 2.24) is 9.80 Å². The molecule has 2 aliphatic rings. The van der Waals surface area contributed by atoms with Crippen LogP contribution in [-0.4, -0.2) is 69.5 Å². The summed E-state index contributed by atoms with van der Waals surface area (Å²) >= 11 is 0. The number of benzene rings is 1. The van der Waals surface area contributed by atoms with Crippen LogP contribution in [0.4, 0.5) is 0 Å². The summed E-state index contributed by atoms with van der Waals surface area (Å²) in [4.78, 5) is 5.18. The van der Waals surface area contributed by atoms with Gasteiger partial charge in [-0.1, -0.05) is 18.9 Å². The first-order chi connectivity index (χ1) is 12.2. The SMILES string of the molecule is COc1ccc(CN2CCN(C3CCCCC3OC)CC2)cc1OC. The van der Waals surface area contributed by atoms with E-state index in [9.17, 15) is 0 Å². The topological polar surface area (TPSA) is 34.2 Å². The highest BCUT2D eigenvalue weighted by Gasteiger charge is 2.32. The van der Waals surface area contributed by atoms with Gasteiger partial charge >= 0.3 is 0 Å². The highest BCUT2D eigenvalue weighted by atomic mass is 16.5. The fourth-order valence-electron chi connectivity index (χ4n) is 4.26. The second-order valence-electron chi connectivity index (χ2n) is 7.13. The first-order valence-corrected chi connectivity index (χ1v) is 9.45. The first-order valence-electron chi connectivity index (χ1n) is 9.45. The summed E-state index contributed by atoms with van der Waals surface area (Å²) in [5.74, 6) is 1.60. The van der Waals surface area contributed by atoms with Gasteiger partial charge in [0.25, 0.3) is 0 Å². The predicted molar refractivity (Wildman–Crippen MR) is 99.4 cm³/mol. The average Bonchev–Trinajstić information content (AvgIpc) is 2.68. The summed E-state index contributed by atoms with van der Waals surface area (Å²) < 4.78 is 16.5. The Morgan fingerprint density at radius 3 is 2.32 bits per heavy atom. The van der Waals surface area contributed by atoms with Crippen LogP contribution in [0.15, 0.2) is 18.2 Å². The van der Waals surface area contributed by atoms with Crippen molar-refractivity contribution in [2.75, 3.05) is 47.5 Å². The second kappa shape index (κ2) is 8.88. The standard InChI is InChI=1S/C20H32N2O3/c1-23-18-7-5-4-6-17(18)22-12-10-21(11-13-22)15-16-8-9-19(24-2)20(14-16)25-3/h8-9,14,17-18H,4-7,10-13,15H2,1-3H3. The Morgan fingerprint density at radius 2 is 1.64 bits per heavy atom. The van der Waals surface area contributed by atoms with E-state index in [1.807, 2.05) is 13.2 Å². The van der Waals surface area contributed by atoms with Crippen LogP contribution in [0.2, 0.25) is 0 Å². The van der Waals surface area contributed by atoms with Crippen molar-refractivity contribution in [2.45, 2.75) is 44.4 Å². The number of piperazine rings is 1. The number of hydrogen-bond acceptors (Lipinski definition) is 5. The molecule has 140 valence electrons. The van der Waals surface area contributed by atoms with Gasteiger partial charge in [0.1, 0.15) is 0 Å². The van der Waals surface area contributed by atoms with Crippen LogP contribution in [0.5, 0.6) is 11.5 Å². The van der Waals surface area contributed by atoms with Crippen molar-refractivity contribution < 1.29 is 14.2 Å². The predicted octanol–water partition coefficient (Wildman–Crippen LogP) is 2.78. The zero-order valence-electron chi connectivity index (χ0n) is 15.9. The van der Waals surface area contributed by atoms with Gasteiger partial charge in [-0.15, -0.1) is 0 Å². The van der Waals surface area contributed by atoms with Crippen molar-refractivity contribution in [2.24, 2.45) is 0 Å². The molecule has 25 heavy (non-hydrogen) atoms. The Bertz CT molecular complexity index is 544. The van der Waals surface area contributed by atoms with E-state index < -0.39 is 0 Å². The molecule has 1 saturated carbocycles. The van der Waals surface area contributed by atoms with Gasteiger partial charge in [-0.3, -0.25) is 9.80 Å². The van der Waals surface area contributed by atoms with Gasteiger partial charge in [0.15, 0.2) is 11.5 Å². The first kappa shape index (κ1) is 18.5. The quantitative estimate of drug-likeness (QED) is 0.790. The molecule has 1 aromatic carbocycles. The number of rotatable bonds is 6. The Hall–Kier alpha value is -1.30. The van der Waals surface area contributed by atoms with E-state index in [0.29, 0.717) is 12.1 Å². The number of nitrogens with zero attached hydrogens (tertiary/aromatic N) is 2. The molecular weight excluding hydrogens is 316 g/mol. The van der Waals surface area contributed by atoms with Gasteiger partial charge in [-0.05, 0) is 30.5 Å². The largest absolute Gasteiger partial charge is 0.493 e. The van der Waals surface area contributed by atoms with Gasteiger partial charge < -0.3 is 14.2 Å². The average molecular weight is 348 g/mol. The Labute approximate surface area is 151 Å². The molecule has 2 fully saturated rings. The Morgan fingerprint density at radius 1 is 0.920 bits per heavy atom. The van der Waals surface area contributed by atoms with E-state index in [1.54, 1.807) is 14.2 Å².